The van der Waals surface area contributed by atoms with Gasteiger partial charge in [-0.15, -0.1) is 0 Å². The van der Waals surface area contributed by atoms with Crippen molar-refractivity contribution in [2.45, 2.75) is 18.3 Å². The molecule has 4 aromatic rings. The van der Waals surface area contributed by atoms with Gasteiger partial charge in [-0.05, 0) is 90.6 Å². The second kappa shape index (κ2) is 13.5. The first-order valence-electron chi connectivity index (χ1n) is 17.5. The van der Waals surface area contributed by atoms with E-state index in [0.29, 0.717) is 27.5 Å². The van der Waals surface area contributed by atoms with E-state index in [9.17, 15) is 23.9 Å². The number of carbonyl (C=O) groups excluding carboxylic acids is 4. The van der Waals surface area contributed by atoms with Crippen molar-refractivity contribution in [3.05, 3.63) is 131 Å². The first kappa shape index (κ1) is 35.1. The van der Waals surface area contributed by atoms with Crippen molar-refractivity contribution < 1.29 is 38.1 Å². The summed E-state index contributed by atoms with van der Waals surface area (Å²) in [6.07, 6.45) is 5.93. The lowest BCUT2D eigenvalue weighted by Gasteiger charge is -2.49. The number of phenols is 1. The average Bonchev–Trinajstić information content (AvgIpc) is 3.56. The van der Waals surface area contributed by atoms with Crippen LogP contribution in [0.4, 0.5) is 15.8 Å². The van der Waals surface area contributed by atoms with Gasteiger partial charge in [0.15, 0.2) is 11.5 Å². The number of hydrogen-bond donors (Lipinski definition) is 2. The number of para-hydroxylation sites is 1. The molecule has 4 aromatic carbocycles. The molecule has 0 spiro atoms. The van der Waals surface area contributed by atoms with Crippen LogP contribution in [0.25, 0.3) is 6.08 Å². The number of fused-ring (bicyclic) bond motifs is 4. The fourth-order valence-corrected chi connectivity index (χ4v) is 9.08. The van der Waals surface area contributed by atoms with Crippen molar-refractivity contribution >= 4 is 52.7 Å². The molecule has 4 aliphatic rings. The Bertz CT molecular complexity index is 2220. The molecule has 1 saturated carbocycles. The fourth-order valence-electron chi connectivity index (χ4n) is 8.95. The zero-order valence-electron chi connectivity index (χ0n) is 29.2. The highest BCUT2D eigenvalue weighted by molar-refractivity contribution is 6.30. The van der Waals surface area contributed by atoms with Crippen molar-refractivity contribution in [2.24, 2.45) is 29.6 Å². The third-order valence-corrected chi connectivity index (χ3v) is 11.6. The SMILES string of the molecule is COc1cc(C=CC2C3=CCC4C(=O)N(c5ccccc5)C(=O)C4C3CC3C(=O)N(Nc4ccc(F)cc4)C(=O)C23c2ccc(Cl)cc2)cc(OC)c1O. The Morgan fingerprint density at radius 3 is 2.19 bits per heavy atom. The van der Waals surface area contributed by atoms with Crippen LogP contribution in [0.1, 0.15) is 24.0 Å². The molecule has 8 rings (SSSR count). The van der Waals surface area contributed by atoms with Crippen LogP contribution in [0.2, 0.25) is 5.02 Å². The summed E-state index contributed by atoms with van der Waals surface area (Å²) in [6, 6.07) is 24.1. The molecule has 2 heterocycles. The monoisotopic (exact) mass is 747 g/mol. The highest BCUT2D eigenvalue weighted by Crippen LogP contribution is 2.61. The number of carbonyl (C=O) groups is 4. The van der Waals surface area contributed by atoms with Crippen LogP contribution in [0.3, 0.4) is 0 Å². The van der Waals surface area contributed by atoms with E-state index in [4.69, 9.17) is 21.1 Å². The molecule has 4 amide bonds. The summed E-state index contributed by atoms with van der Waals surface area (Å²) < 4.78 is 24.7. The van der Waals surface area contributed by atoms with Crippen molar-refractivity contribution in [3.8, 4) is 17.2 Å². The van der Waals surface area contributed by atoms with Crippen molar-refractivity contribution in [1.82, 2.24) is 5.01 Å². The summed E-state index contributed by atoms with van der Waals surface area (Å²) in [4.78, 5) is 59.6. The van der Waals surface area contributed by atoms with E-state index in [0.717, 1.165) is 10.6 Å². The molecule has 54 heavy (non-hydrogen) atoms. The number of hydrogen-bond acceptors (Lipinski definition) is 8. The van der Waals surface area contributed by atoms with E-state index in [1.807, 2.05) is 18.2 Å². The van der Waals surface area contributed by atoms with Crippen LogP contribution in [0, 0.1) is 35.4 Å². The van der Waals surface area contributed by atoms with Crippen LogP contribution < -0.4 is 19.8 Å². The van der Waals surface area contributed by atoms with E-state index >= 15 is 4.79 Å². The number of hydrazine groups is 1. The number of phenolic OH excluding ortho intramolecular Hbond substituents is 1. The standard InChI is InChI=1S/C42H35ClFN3O7/c1-53-34-20-23(21-35(54-2)37(34)48)8-19-32-29-17-18-30-36(40(51)46(38(30)49)28-6-4-3-5-7-28)31(29)22-33-39(50)47(45-27-15-13-26(44)14-16-27)41(52)42(32,33)24-9-11-25(43)12-10-24/h3-17,19-21,30-33,36,45,48H,18,22H2,1-2H3. The summed E-state index contributed by atoms with van der Waals surface area (Å²) in [6.45, 7) is 0. The smallest absolute Gasteiger partial charge is 0.260 e. The molecular weight excluding hydrogens is 713 g/mol. The largest absolute Gasteiger partial charge is 0.502 e. The molecule has 2 N–H and O–H groups in total. The van der Waals surface area contributed by atoms with Gasteiger partial charge in [-0.1, -0.05) is 65.7 Å². The van der Waals surface area contributed by atoms with Crippen molar-refractivity contribution in [1.29, 1.82) is 0 Å². The minimum Gasteiger partial charge on any atom is -0.502 e. The van der Waals surface area contributed by atoms with Gasteiger partial charge in [0.2, 0.25) is 17.6 Å². The number of nitrogens with zero attached hydrogens (tertiary/aromatic N) is 2. The number of amides is 4. The molecule has 2 aliphatic heterocycles. The number of halogens is 2. The second-order valence-corrected chi connectivity index (χ2v) is 14.3. The van der Waals surface area contributed by atoms with E-state index in [-0.39, 0.29) is 41.9 Å². The normalized spacial score (nSPS) is 26.1. The van der Waals surface area contributed by atoms with Gasteiger partial charge in [-0.3, -0.25) is 29.5 Å². The summed E-state index contributed by atoms with van der Waals surface area (Å²) in [7, 11) is 2.84. The van der Waals surface area contributed by atoms with Crippen LogP contribution in [-0.2, 0) is 24.6 Å². The summed E-state index contributed by atoms with van der Waals surface area (Å²) in [5.41, 5.74) is 4.08. The van der Waals surface area contributed by atoms with Crippen LogP contribution >= 0.6 is 11.6 Å². The van der Waals surface area contributed by atoms with E-state index in [2.05, 4.69) is 5.43 Å². The second-order valence-electron chi connectivity index (χ2n) is 13.9. The highest BCUT2D eigenvalue weighted by atomic mass is 35.5. The Labute approximate surface area is 315 Å². The number of rotatable bonds is 8. The zero-order valence-corrected chi connectivity index (χ0v) is 30.0. The molecule has 274 valence electrons. The number of anilines is 2. The predicted octanol–water partition coefficient (Wildman–Crippen LogP) is 6.94. The topological polar surface area (TPSA) is 125 Å². The maximum absolute atomic E-state index is 15.2. The molecule has 0 radical (unpaired) electrons. The first-order valence-corrected chi connectivity index (χ1v) is 17.9. The zero-order chi connectivity index (χ0) is 37.9. The molecule has 10 nitrogen and oxygen atoms in total. The number of methoxy groups -OCH3 is 2. The summed E-state index contributed by atoms with van der Waals surface area (Å²) in [5.74, 6) is -5.83. The molecular formula is C42H35ClFN3O7. The van der Waals surface area contributed by atoms with Gasteiger partial charge in [0.25, 0.3) is 11.8 Å². The molecule has 2 aliphatic carbocycles. The van der Waals surface area contributed by atoms with Crippen LogP contribution in [0.15, 0.2) is 109 Å². The summed E-state index contributed by atoms with van der Waals surface area (Å²) in [5, 5.41) is 12.0. The molecule has 12 heteroatoms. The number of ether oxygens (including phenoxy) is 2. The lowest BCUT2D eigenvalue weighted by atomic mass is 9.50. The van der Waals surface area contributed by atoms with E-state index in [1.54, 1.807) is 66.7 Å². The summed E-state index contributed by atoms with van der Waals surface area (Å²) >= 11 is 6.37. The van der Waals surface area contributed by atoms with Gasteiger partial charge < -0.3 is 14.6 Å². The quantitative estimate of drug-likeness (QED) is 0.147. The Morgan fingerprint density at radius 1 is 0.870 bits per heavy atom. The third-order valence-electron chi connectivity index (χ3n) is 11.3. The average molecular weight is 748 g/mol. The van der Waals surface area contributed by atoms with Crippen molar-refractivity contribution in [2.75, 3.05) is 24.5 Å². The predicted molar refractivity (Wildman–Crippen MR) is 199 cm³/mol. The molecule has 2 saturated heterocycles. The molecule has 6 unspecified atom stereocenters. The minimum absolute atomic E-state index is 0.106. The number of allylic oxidation sites excluding steroid dienone is 3. The number of aromatic hydroxyl groups is 1. The minimum atomic E-state index is -1.53. The maximum atomic E-state index is 15.2. The number of imide groups is 2. The fraction of sp³-hybridized carbons (Fsp3) is 0.238. The van der Waals surface area contributed by atoms with E-state index in [1.165, 1.54) is 43.4 Å². The Kier molecular flexibility index (Phi) is 8.76. The van der Waals surface area contributed by atoms with E-state index < -0.39 is 52.6 Å². The third kappa shape index (κ3) is 5.36. The Hall–Kier alpha value is -5.94. The maximum Gasteiger partial charge on any atom is 0.260 e. The van der Waals surface area contributed by atoms with Crippen LogP contribution in [-0.4, -0.2) is 48.0 Å². The molecule has 0 aromatic heterocycles. The van der Waals surface area contributed by atoms with Gasteiger partial charge >= 0.3 is 0 Å². The lowest BCUT2D eigenvalue weighted by molar-refractivity contribution is -0.139. The number of benzene rings is 4. The molecule has 6 atom stereocenters. The first-order chi connectivity index (χ1) is 26.1. The van der Waals surface area contributed by atoms with Gasteiger partial charge in [0, 0.05) is 10.9 Å². The van der Waals surface area contributed by atoms with Crippen LogP contribution in [0.5, 0.6) is 17.2 Å². The van der Waals surface area contributed by atoms with Gasteiger partial charge in [-0.25, -0.2) is 4.39 Å². The lowest BCUT2D eigenvalue weighted by Crippen LogP contribution is -2.54. The molecule has 3 fully saturated rings. The Balaban J connectivity index is 1.31. The van der Waals surface area contributed by atoms with Gasteiger partial charge in [0.1, 0.15) is 5.82 Å². The molecule has 0 bridgehead atoms. The van der Waals surface area contributed by atoms with Gasteiger partial charge in [0.05, 0.1) is 48.8 Å². The van der Waals surface area contributed by atoms with Gasteiger partial charge in [-0.2, -0.15) is 5.01 Å². The Morgan fingerprint density at radius 2 is 1.54 bits per heavy atom. The van der Waals surface area contributed by atoms with Crippen molar-refractivity contribution in [3.63, 3.8) is 0 Å². The number of nitrogens with one attached hydrogen (secondary N) is 1. The highest BCUT2D eigenvalue weighted by Gasteiger charge is 2.69.